The molecular formula is C14H15NO3S. The molecule has 1 aromatic carbocycles. The molecule has 0 aliphatic heterocycles. The van der Waals surface area contributed by atoms with Gasteiger partial charge in [0.1, 0.15) is 10.6 Å². The quantitative estimate of drug-likeness (QED) is 0.933. The second kappa shape index (κ2) is 5.40. The second-order valence-electron chi connectivity index (χ2n) is 4.29. The van der Waals surface area contributed by atoms with Crippen molar-refractivity contribution >= 4 is 17.3 Å². The number of nitrogens with zero attached hydrogens (tertiary/aromatic N) is 1. The number of aryl methyl sites for hydroxylation is 2. The van der Waals surface area contributed by atoms with Crippen molar-refractivity contribution in [1.82, 2.24) is 4.98 Å². The van der Waals surface area contributed by atoms with Crippen molar-refractivity contribution in [3.63, 3.8) is 0 Å². The predicted octanol–water partition coefficient (Wildman–Crippen LogP) is 3.06. The average Bonchev–Trinajstić information content (AvgIpc) is 2.70. The Hall–Kier alpha value is -1.88. The van der Waals surface area contributed by atoms with Gasteiger partial charge in [0.15, 0.2) is 0 Å². The van der Waals surface area contributed by atoms with Crippen LogP contribution in [0.15, 0.2) is 18.2 Å². The van der Waals surface area contributed by atoms with E-state index < -0.39 is 5.97 Å². The van der Waals surface area contributed by atoms with E-state index in [0.29, 0.717) is 17.0 Å². The number of aromatic nitrogens is 1. The summed E-state index contributed by atoms with van der Waals surface area (Å²) in [6.07, 6.45) is 0.525. The third-order valence-electron chi connectivity index (χ3n) is 2.83. The number of aromatic carboxylic acids is 1. The van der Waals surface area contributed by atoms with E-state index >= 15 is 0 Å². The van der Waals surface area contributed by atoms with E-state index in [0.717, 1.165) is 21.9 Å². The fourth-order valence-electron chi connectivity index (χ4n) is 2.00. The Morgan fingerprint density at radius 1 is 1.42 bits per heavy atom. The number of ether oxygens (including phenoxy) is 1. The molecule has 0 saturated heterocycles. The number of carboxylic acid groups (broad SMARTS) is 1. The summed E-state index contributed by atoms with van der Waals surface area (Å²) in [6, 6.07) is 5.83. The molecule has 0 bridgehead atoms. The van der Waals surface area contributed by atoms with Gasteiger partial charge in [-0.2, -0.15) is 0 Å². The molecule has 1 aromatic heterocycles. The summed E-state index contributed by atoms with van der Waals surface area (Å²) in [7, 11) is 1.63. The van der Waals surface area contributed by atoms with E-state index in [2.05, 4.69) is 4.98 Å². The number of rotatable bonds is 4. The summed E-state index contributed by atoms with van der Waals surface area (Å²) in [5, 5.41) is 9.92. The van der Waals surface area contributed by atoms with Crippen LogP contribution in [0.25, 0.3) is 0 Å². The summed E-state index contributed by atoms with van der Waals surface area (Å²) < 4.78 is 5.21. The zero-order valence-electron chi connectivity index (χ0n) is 11.1. The maximum absolute atomic E-state index is 11.1. The fourth-order valence-corrected chi connectivity index (χ4v) is 2.78. The molecule has 100 valence electrons. The van der Waals surface area contributed by atoms with Gasteiger partial charge in [-0.15, -0.1) is 11.3 Å². The van der Waals surface area contributed by atoms with Gasteiger partial charge in [0.25, 0.3) is 0 Å². The lowest BCUT2D eigenvalue weighted by Crippen LogP contribution is -2.00. The Labute approximate surface area is 115 Å². The summed E-state index contributed by atoms with van der Waals surface area (Å²) in [4.78, 5) is 15.8. The minimum Gasteiger partial charge on any atom is -0.496 e. The number of benzene rings is 1. The lowest BCUT2D eigenvalue weighted by molar-refractivity contribution is 0.0701. The molecule has 5 heteroatoms. The maximum Gasteiger partial charge on any atom is 0.347 e. The summed E-state index contributed by atoms with van der Waals surface area (Å²) in [5.41, 5.74) is 2.69. The highest BCUT2D eigenvalue weighted by atomic mass is 32.1. The lowest BCUT2D eigenvalue weighted by atomic mass is 10.1. The van der Waals surface area contributed by atoms with Gasteiger partial charge in [-0.1, -0.05) is 12.1 Å². The molecule has 0 saturated carbocycles. The summed E-state index contributed by atoms with van der Waals surface area (Å²) >= 11 is 1.22. The standard InChI is InChI=1S/C14H15NO3S/c1-8-6-10(4-5-12(8)18-3)7-11-13(14(16)17)19-9(2)15-11/h4-6H,7H2,1-3H3,(H,16,17). The highest BCUT2D eigenvalue weighted by Crippen LogP contribution is 2.24. The van der Waals surface area contributed by atoms with Gasteiger partial charge in [0, 0.05) is 6.42 Å². The molecule has 2 rings (SSSR count). The Balaban J connectivity index is 2.31. The Bertz CT molecular complexity index is 619. The van der Waals surface area contributed by atoms with Gasteiger partial charge >= 0.3 is 5.97 Å². The van der Waals surface area contributed by atoms with Crippen molar-refractivity contribution in [1.29, 1.82) is 0 Å². The molecule has 0 aliphatic carbocycles. The molecule has 0 atom stereocenters. The van der Waals surface area contributed by atoms with Crippen LogP contribution in [0, 0.1) is 13.8 Å². The SMILES string of the molecule is COc1ccc(Cc2nc(C)sc2C(=O)O)cc1C. The van der Waals surface area contributed by atoms with Crippen LogP contribution in [0.5, 0.6) is 5.75 Å². The molecule has 0 aliphatic rings. The Morgan fingerprint density at radius 3 is 2.74 bits per heavy atom. The summed E-state index contributed by atoms with van der Waals surface area (Å²) in [6.45, 7) is 3.78. The van der Waals surface area contributed by atoms with Crippen molar-refractivity contribution in [3.05, 3.63) is 44.9 Å². The number of thiazole rings is 1. The van der Waals surface area contributed by atoms with Crippen molar-refractivity contribution in [3.8, 4) is 5.75 Å². The minimum absolute atomic E-state index is 0.325. The van der Waals surface area contributed by atoms with Gasteiger partial charge in [-0.05, 0) is 31.0 Å². The van der Waals surface area contributed by atoms with E-state index in [1.165, 1.54) is 11.3 Å². The van der Waals surface area contributed by atoms with Crippen LogP contribution < -0.4 is 4.74 Å². The first-order chi connectivity index (χ1) is 9.01. The highest BCUT2D eigenvalue weighted by Gasteiger charge is 2.16. The molecule has 0 fully saturated rings. The van der Waals surface area contributed by atoms with Crippen LogP contribution in [0.4, 0.5) is 0 Å². The molecule has 0 unspecified atom stereocenters. The van der Waals surface area contributed by atoms with Crippen LogP contribution in [0.1, 0.15) is 31.5 Å². The number of hydrogen-bond acceptors (Lipinski definition) is 4. The Kier molecular flexibility index (Phi) is 3.85. The van der Waals surface area contributed by atoms with E-state index in [1.54, 1.807) is 7.11 Å². The van der Waals surface area contributed by atoms with Gasteiger partial charge < -0.3 is 9.84 Å². The monoisotopic (exact) mass is 277 g/mol. The van der Waals surface area contributed by atoms with Gasteiger partial charge in [-0.25, -0.2) is 9.78 Å². The Morgan fingerprint density at radius 2 is 2.16 bits per heavy atom. The molecule has 0 spiro atoms. The van der Waals surface area contributed by atoms with Crippen molar-refractivity contribution in [2.75, 3.05) is 7.11 Å². The van der Waals surface area contributed by atoms with E-state index in [4.69, 9.17) is 9.84 Å². The molecule has 2 aromatic rings. The van der Waals surface area contributed by atoms with Crippen LogP contribution >= 0.6 is 11.3 Å². The first-order valence-electron chi connectivity index (χ1n) is 5.84. The number of carboxylic acids is 1. The predicted molar refractivity (Wildman–Crippen MR) is 74.3 cm³/mol. The zero-order chi connectivity index (χ0) is 14.0. The lowest BCUT2D eigenvalue weighted by Gasteiger charge is -2.06. The molecular weight excluding hydrogens is 262 g/mol. The zero-order valence-corrected chi connectivity index (χ0v) is 11.9. The second-order valence-corrected chi connectivity index (χ2v) is 5.50. The molecule has 1 N–H and O–H groups in total. The van der Waals surface area contributed by atoms with Crippen LogP contribution in [0.3, 0.4) is 0 Å². The first-order valence-corrected chi connectivity index (χ1v) is 6.66. The average molecular weight is 277 g/mol. The van der Waals surface area contributed by atoms with E-state index in [-0.39, 0.29) is 0 Å². The van der Waals surface area contributed by atoms with Crippen LogP contribution in [-0.4, -0.2) is 23.2 Å². The van der Waals surface area contributed by atoms with Crippen molar-refractivity contribution in [2.24, 2.45) is 0 Å². The third kappa shape index (κ3) is 2.93. The minimum atomic E-state index is -0.911. The largest absolute Gasteiger partial charge is 0.496 e. The van der Waals surface area contributed by atoms with Crippen molar-refractivity contribution < 1.29 is 14.6 Å². The first kappa shape index (κ1) is 13.5. The van der Waals surface area contributed by atoms with E-state index in [9.17, 15) is 4.79 Å². The third-order valence-corrected chi connectivity index (χ3v) is 3.83. The normalized spacial score (nSPS) is 10.5. The molecule has 0 radical (unpaired) electrons. The highest BCUT2D eigenvalue weighted by molar-refractivity contribution is 7.13. The topological polar surface area (TPSA) is 59.4 Å². The smallest absolute Gasteiger partial charge is 0.347 e. The molecule has 1 heterocycles. The van der Waals surface area contributed by atoms with Gasteiger partial charge in [0.2, 0.25) is 0 Å². The number of hydrogen-bond donors (Lipinski definition) is 1. The fraction of sp³-hybridized carbons (Fsp3) is 0.286. The molecule has 0 amide bonds. The van der Waals surface area contributed by atoms with E-state index in [1.807, 2.05) is 32.0 Å². The van der Waals surface area contributed by atoms with Crippen molar-refractivity contribution in [2.45, 2.75) is 20.3 Å². The van der Waals surface area contributed by atoms with Crippen LogP contribution in [0.2, 0.25) is 0 Å². The molecule has 19 heavy (non-hydrogen) atoms. The van der Waals surface area contributed by atoms with Gasteiger partial charge in [-0.3, -0.25) is 0 Å². The molecule has 4 nitrogen and oxygen atoms in total. The number of methoxy groups -OCH3 is 1. The maximum atomic E-state index is 11.1. The summed E-state index contributed by atoms with van der Waals surface area (Å²) in [5.74, 6) is -0.0810. The van der Waals surface area contributed by atoms with Gasteiger partial charge in [0.05, 0.1) is 17.8 Å². The van der Waals surface area contributed by atoms with Crippen LogP contribution in [-0.2, 0) is 6.42 Å². The number of carbonyl (C=O) groups is 1.